The van der Waals surface area contributed by atoms with E-state index in [1.807, 2.05) is 12.1 Å². The Morgan fingerprint density at radius 1 is 0.921 bits per heavy atom. The molecule has 0 unspecified atom stereocenters. The zero-order valence-electron chi connectivity index (χ0n) is 22.2. The number of hydrogen-bond acceptors (Lipinski definition) is 5. The summed E-state index contributed by atoms with van der Waals surface area (Å²) in [7, 11) is 0. The maximum atomic E-state index is 9.69. The fourth-order valence-electron chi connectivity index (χ4n) is 5.37. The molecule has 4 rings (SSSR count). The smallest absolute Gasteiger partial charge is 0.300 e. The molecular formula is C30H36Cl2N6. The van der Waals surface area contributed by atoms with Gasteiger partial charge in [-0.2, -0.15) is 0 Å². The second kappa shape index (κ2) is 13.9. The third kappa shape index (κ3) is 7.65. The number of piperidine rings is 1. The maximum absolute atomic E-state index is 9.69. The molecule has 38 heavy (non-hydrogen) atoms. The van der Waals surface area contributed by atoms with Crippen molar-refractivity contribution in [2.24, 2.45) is 0 Å². The molecule has 200 valence electrons. The average molecular weight is 552 g/mol. The summed E-state index contributed by atoms with van der Waals surface area (Å²) in [5.41, 5.74) is 3.78. The van der Waals surface area contributed by atoms with Gasteiger partial charge in [0.15, 0.2) is 0 Å². The Kier molecular flexibility index (Phi) is 10.3. The summed E-state index contributed by atoms with van der Waals surface area (Å²) in [5.74, 6) is 0.705. The first kappa shape index (κ1) is 28.3. The van der Waals surface area contributed by atoms with Gasteiger partial charge in [0, 0.05) is 55.9 Å². The van der Waals surface area contributed by atoms with E-state index in [1.165, 1.54) is 43.5 Å². The van der Waals surface area contributed by atoms with Crippen LogP contribution in [0.25, 0.3) is 4.85 Å². The van der Waals surface area contributed by atoms with Gasteiger partial charge in [0.1, 0.15) is 5.82 Å². The molecule has 2 aromatic carbocycles. The van der Waals surface area contributed by atoms with Crippen molar-refractivity contribution in [3.63, 3.8) is 0 Å². The first-order valence-electron chi connectivity index (χ1n) is 13.5. The molecule has 2 fully saturated rings. The summed E-state index contributed by atoms with van der Waals surface area (Å²) in [6.45, 7) is 18.7. The van der Waals surface area contributed by atoms with Crippen molar-refractivity contribution in [3.8, 4) is 6.07 Å². The summed E-state index contributed by atoms with van der Waals surface area (Å²) in [6.07, 6.45) is 3.99. The minimum atomic E-state index is 0.128. The maximum Gasteiger partial charge on any atom is 0.300 e. The Morgan fingerprint density at radius 2 is 1.58 bits per heavy atom. The monoisotopic (exact) mass is 550 g/mol. The third-order valence-electron chi connectivity index (χ3n) is 7.38. The van der Waals surface area contributed by atoms with Crippen LogP contribution in [0.15, 0.2) is 54.0 Å². The summed E-state index contributed by atoms with van der Waals surface area (Å²) in [5, 5.41) is 10.9. The van der Waals surface area contributed by atoms with Gasteiger partial charge in [-0.15, -0.1) is 0 Å². The van der Waals surface area contributed by atoms with Gasteiger partial charge in [0.05, 0.1) is 12.6 Å². The van der Waals surface area contributed by atoms with Crippen molar-refractivity contribution in [2.45, 2.75) is 45.8 Å². The van der Waals surface area contributed by atoms with Crippen LogP contribution < -0.4 is 0 Å². The molecule has 0 aliphatic carbocycles. The minimum absolute atomic E-state index is 0.128. The van der Waals surface area contributed by atoms with Crippen LogP contribution >= 0.6 is 23.2 Å². The summed E-state index contributed by atoms with van der Waals surface area (Å²) in [6, 6.07) is 16.6. The van der Waals surface area contributed by atoms with Gasteiger partial charge in [0.25, 0.3) is 0 Å². The Hall–Kier alpha value is -2.74. The zero-order valence-corrected chi connectivity index (χ0v) is 23.7. The standard InChI is InChI=1S/C30H36Cl2N6/c1-3-35(21-24-7-9-25(10-8-24)22-36-11-5-4-6-12-36)13-14-37-15-16-38(30(37)29(20-33)34-2)23-26-17-27(31)19-28(32)18-26/h7-10,17-19H,3-6,11-16,21-23H2,1H3/b30-29-. The van der Waals surface area contributed by atoms with E-state index in [-0.39, 0.29) is 5.70 Å². The van der Waals surface area contributed by atoms with Crippen LogP contribution in [0, 0.1) is 17.9 Å². The van der Waals surface area contributed by atoms with E-state index < -0.39 is 0 Å². The van der Waals surface area contributed by atoms with Crippen LogP contribution in [0.1, 0.15) is 42.9 Å². The van der Waals surface area contributed by atoms with E-state index in [2.05, 4.69) is 61.7 Å². The van der Waals surface area contributed by atoms with E-state index in [1.54, 1.807) is 6.07 Å². The number of rotatable bonds is 10. The van der Waals surface area contributed by atoms with Crippen molar-refractivity contribution in [1.82, 2.24) is 19.6 Å². The number of allylic oxidation sites excluding steroid dienone is 1. The Balaban J connectivity index is 1.37. The third-order valence-corrected chi connectivity index (χ3v) is 7.82. The number of nitriles is 1. The Morgan fingerprint density at radius 3 is 2.21 bits per heavy atom. The SMILES string of the molecule is [C-]#[N+]/C(C#N)=C1/N(CCN(CC)Cc2ccc(CN3CCCCC3)cc2)CCN1Cc1cc(Cl)cc(Cl)c1. The summed E-state index contributed by atoms with van der Waals surface area (Å²) < 4.78 is 0. The highest BCUT2D eigenvalue weighted by Crippen LogP contribution is 2.27. The molecule has 2 aromatic rings. The molecule has 0 saturated carbocycles. The normalized spacial score (nSPS) is 17.5. The molecule has 0 spiro atoms. The lowest BCUT2D eigenvalue weighted by atomic mass is 10.1. The van der Waals surface area contributed by atoms with Gasteiger partial charge in [-0.1, -0.05) is 60.8 Å². The van der Waals surface area contributed by atoms with Crippen LogP contribution in [0.3, 0.4) is 0 Å². The minimum Gasteiger partial charge on any atom is -0.363 e. The van der Waals surface area contributed by atoms with Crippen molar-refractivity contribution in [2.75, 3.05) is 45.8 Å². The first-order chi connectivity index (χ1) is 18.5. The number of halogens is 2. The highest BCUT2D eigenvalue weighted by atomic mass is 35.5. The molecule has 6 nitrogen and oxygen atoms in total. The number of likely N-dealkylation sites (tertiary alicyclic amines) is 1. The first-order valence-corrected chi connectivity index (χ1v) is 14.2. The van der Waals surface area contributed by atoms with Crippen LogP contribution in [0.5, 0.6) is 0 Å². The Bertz CT molecular complexity index is 1150. The lowest BCUT2D eigenvalue weighted by Crippen LogP contribution is -2.34. The predicted octanol–water partition coefficient (Wildman–Crippen LogP) is 6.23. The fourth-order valence-corrected chi connectivity index (χ4v) is 5.94. The van der Waals surface area contributed by atoms with Crippen LogP contribution in [-0.2, 0) is 19.6 Å². The van der Waals surface area contributed by atoms with Crippen molar-refractivity contribution in [3.05, 3.63) is 92.1 Å². The molecular weight excluding hydrogens is 515 g/mol. The largest absolute Gasteiger partial charge is 0.363 e. The van der Waals surface area contributed by atoms with E-state index in [9.17, 15) is 5.26 Å². The lowest BCUT2D eigenvalue weighted by Gasteiger charge is -2.28. The molecule has 2 aliphatic rings. The number of nitrogens with zero attached hydrogens (tertiary/aromatic N) is 6. The van der Waals surface area contributed by atoms with E-state index in [0.29, 0.717) is 22.4 Å². The van der Waals surface area contributed by atoms with Crippen LogP contribution in [0.2, 0.25) is 10.0 Å². The second-order valence-electron chi connectivity index (χ2n) is 10.1. The van der Waals surface area contributed by atoms with Gasteiger partial charge in [0.2, 0.25) is 0 Å². The van der Waals surface area contributed by atoms with Gasteiger partial charge in [-0.25, -0.2) is 10.1 Å². The molecule has 2 aliphatic heterocycles. The van der Waals surface area contributed by atoms with Crippen molar-refractivity contribution >= 4 is 23.2 Å². The van der Waals surface area contributed by atoms with E-state index in [4.69, 9.17) is 29.8 Å². The molecule has 2 heterocycles. The lowest BCUT2D eigenvalue weighted by molar-refractivity contribution is 0.220. The topological polar surface area (TPSA) is 41.1 Å². The molecule has 0 radical (unpaired) electrons. The molecule has 0 aromatic heterocycles. The summed E-state index contributed by atoms with van der Waals surface area (Å²) >= 11 is 12.4. The predicted molar refractivity (Wildman–Crippen MR) is 154 cm³/mol. The van der Waals surface area contributed by atoms with Gasteiger partial charge in [-0.3, -0.25) is 9.80 Å². The molecule has 0 atom stereocenters. The molecule has 2 saturated heterocycles. The molecule has 8 heteroatoms. The van der Waals surface area contributed by atoms with Crippen molar-refractivity contribution < 1.29 is 0 Å². The molecule has 0 N–H and O–H groups in total. The van der Waals surface area contributed by atoms with E-state index >= 15 is 0 Å². The molecule has 0 amide bonds. The van der Waals surface area contributed by atoms with Crippen LogP contribution in [0.4, 0.5) is 0 Å². The quantitative estimate of drug-likeness (QED) is 0.259. The van der Waals surface area contributed by atoms with Gasteiger partial charge in [-0.05, 0) is 67.4 Å². The summed E-state index contributed by atoms with van der Waals surface area (Å²) in [4.78, 5) is 12.8. The van der Waals surface area contributed by atoms with Gasteiger partial charge >= 0.3 is 5.70 Å². The number of hydrogen-bond donors (Lipinski definition) is 0. The van der Waals surface area contributed by atoms with Crippen molar-refractivity contribution in [1.29, 1.82) is 5.26 Å². The highest BCUT2D eigenvalue weighted by Gasteiger charge is 2.28. The zero-order chi connectivity index (χ0) is 26.9. The number of likely N-dealkylation sites (N-methyl/N-ethyl adjacent to an activating group) is 1. The Labute approximate surface area is 237 Å². The van der Waals surface area contributed by atoms with Gasteiger partial charge < -0.3 is 9.80 Å². The van der Waals surface area contributed by atoms with Crippen LogP contribution in [-0.4, -0.2) is 65.4 Å². The fraction of sp³-hybridized carbons (Fsp3) is 0.467. The second-order valence-corrected chi connectivity index (χ2v) is 11.0. The average Bonchev–Trinajstić information content (AvgIpc) is 3.30. The molecule has 0 bridgehead atoms. The highest BCUT2D eigenvalue weighted by molar-refractivity contribution is 6.34. The number of benzene rings is 2. The van der Waals surface area contributed by atoms with E-state index in [0.717, 1.165) is 51.4 Å².